The molecule has 0 aliphatic heterocycles. The Bertz CT molecular complexity index is 1490. The van der Waals surface area contributed by atoms with Gasteiger partial charge in [0, 0.05) is 35.1 Å². The lowest BCUT2D eigenvalue weighted by molar-refractivity contribution is -0.111. The van der Waals surface area contributed by atoms with Gasteiger partial charge in [-0.25, -0.2) is 14.8 Å². The molecule has 0 aromatic carbocycles. The van der Waals surface area contributed by atoms with Crippen LogP contribution in [0.4, 0.5) is 22.2 Å². The van der Waals surface area contributed by atoms with E-state index in [1.807, 2.05) is 30.7 Å². The minimum atomic E-state index is -0.637. The zero-order valence-electron chi connectivity index (χ0n) is 21.1. The van der Waals surface area contributed by atoms with Crippen LogP contribution in [0, 0.1) is 20.8 Å². The summed E-state index contributed by atoms with van der Waals surface area (Å²) < 4.78 is 8.47. The van der Waals surface area contributed by atoms with Gasteiger partial charge in [-0.15, -0.1) is 5.10 Å². The number of anilines is 3. The monoisotopic (exact) mass is 488 g/mol. The van der Waals surface area contributed by atoms with Crippen molar-refractivity contribution in [2.75, 3.05) is 10.6 Å². The third-order valence-electron chi connectivity index (χ3n) is 5.16. The van der Waals surface area contributed by atoms with Crippen molar-refractivity contribution < 1.29 is 14.3 Å². The predicted octanol–water partition coefficient (Wildman–Crippen LogP) is 4.59. The predicted molar refractivity (Wildman–Crippen MR) is 137 cm³/mol. The van der Waals surface area contributed by atoms with Gasteiger partial charge in [0.1, 0.15) is 17.1 Å². The number of nitrogens with zero attached hydrogens (tertiary/aromatic N) is 6. The van der Waals surface area contributed by atoms with Gasteiger partial charge in [-0.05, 0) is 59.2 Å². The van der Waals surface area contributed by atoms with Crippen LogP contribution in [0.25, 0.3) is 16.9 Å². The van der Waals surface area contributed by atoms with Crippen LogP contribution in [0.2, 0.25) is 0 Å². The molecule has 0 fully saturated rings. The van der Waals surface area contributed by atoms with Crippen molar-refractivity contribution in [3.63, 3.8) is 0 Å². The van der Waals surface area contributed by atoms with E-state index < -0.39 is 11.7 Å². The molecule has 0 unspecified atom stereocenters. The van der Waals surface area contributed by atoms with E-state index in [0.29, 0.717) is 34.6 Å². The molecule has 0 aliphatic rings. The lowest BCUT2D eigenvalue weighted by atomic mass is 10.2. The Hall–Kier alpha value is -4.54. The number of fused-ring (bicyclic) bond motifs is 1. The number of amides is 1. The maximum Gasteiger partial charge on any atom is 0.435 e. The molecule has 0 saturated heterocycles. The number of nitrogens with one attached hydrogen (secondary N) is 2. The summed E-state index contributed by atoms with van der Waals surface area (Å²) in [6, 6.07) is 3.57. The fourth-order valence-corrected chi connectivity index (χ4v) is 3.56. The first kappa shape index (κ1) is 24.6. The van der Waals surface area contributed by atoms with Crippen LogP contribution >= 0.6 is 0 Å². The van der Waals surface area contributed by atoms with Gasteiger partial charge in [0.05, 0.1) is 11.9 Å². The van der Waals surface area contributed by atoms with Crippen LogP contribution in [0.15, 0.2) is 43.4 Å². The van der Waals surface area contributed by atoms with Crippen LogP contribution in [-0.4, -0.2) is 46.9 Å². The fourth-order valence-electron chi connectivity index (χ4n) is 3.56. The number of carbonyl (C=O) groups is 2. The molecule has 186 valence electrons. The summed E-state index contributed by atoms with van der Waals surface area (Å²) in [5.74, 6) is 1.03. The van der Waals surface area contributed by atoms with E-state index >= 15 is 0 Å². The molecule has 0 saturated carbocycles. The van der Waals surface area contributed by atoms with Crippen molar-refractivity contribution >= 4 is 40.5 Å². The highest BCUT2D eigenvalue weighted by molar-refractivity contribution is 6.00. The van der Waals surface area contributed by atoms with Crippen LogP contribution < -0.4 is 10.6 Å². The highest BCUT2D eigenvalue weighted by Crippen LogP contribution is 2.27. The first-order valence-electron chi connectivity index (χ1n) is 11.3. The molecular weight excluding hydrogens is 460 g/mol. The molecule has 1 amide bonds. The lowest BCUT2D eigenvalue weighted by Crippen LogP contribution is -2.28. The summed E-state index contributed by atoms with van der Waals surface area (Å²) in [6.07, 6.45) is 5.85. The topological polar surface area (TPSA) is 129 Å². The molecule has 4 rings (SSSR count). The average molecular weight is 489 g/mol. The van der Waals surface area contributed by atoms with Crippen molar-refractivity contribution in [3.8, 4) is 5.82 Å². The van der Waals surface area contributed by atoms with Gasteiger partial charge < -0.3 is 15.4 Å². The van der Waals surface area contributed by atoms with Crippen molar-refractivity contribution in [3.05, 3.63) is 60.2 Å². The minimum absolute atomic E-state index is 0.304. The lowest BCUT2D eigenvalue weighted by Gasteiger charge is -2.19. The SMILES string of the molecule is C=CC(=O)Nc1cnc2c(c1)c(C)cn2-c1nc(Nc2cc(C)n(C(=O)OC(C)(C)C)n2)ncc1C. The Morgan fingerprint density at radius 3 is 2.53 bits per heavy atom. The Kier molecular flexibility index (Phi) is 6.32. The highest BCUT2D eigenvalue weighted by atomic mass is 16.6. The minimum Gasteiger partial charge on any atom is -0.442 e. The quantitative estimate of drug-likeness (QED) is 0.390. The van der Waals surface area contributed by atoms with Crippen LogP contribution in [0.3, 0.4) is 0 Å². The van der Waals surface area contributed by atoms with Crippen molar-refractivity contribution in [2.45, 2.75) is 47.1 Å². The largest absolute Gasteiger partial charge is 0.442 e. The first-order chi connectivity index (χ1) is 16.9. The van der Waals surface area contributed by atoms with Gasteiger partial charge in [-0.2, -0.15) is 9.67 Å². The molecule has 0 aliphatic carbocycles. The van der Waals surface area contributed by atoms with E-state index in [0.717, 1.165) is 16.5 Å². The van der Waals surface area contributed by atoms with Gasteiger partial charge in [-0.1, -0.05) is 6.58 Å². The first-order valence-corrected chi connectivity index (χ1v) is 11.3. The summed E-state index contributed by atoms with van der Waals surface area (Å²) >= 11 is 0. The van der Waals surface area contributed by atoms with Gasteiger partial charge in [0.25, 0.3) is 0 Å². The molecule has 11 heteroatoms. The molecule has 36 heavy (non-hydrogen) atoms. The zero-order valence-corrected chi connectivity index (χ0v) is 21.1. The normalized spacial score (nSPS) is 11.4. The molecule has 2 N–H and O–H groups in total. The number of hydrogen-bond donors (Lipinski definition) is 2. The maximum atomic E-state index is 12.4. The number of rotatable bonds is 5. The second-order valence-electron chi connectivity index (χ2n) is 9.36. The van der Waals surface area contributed by atoms with E-state index in [1.165, 1.54) is 10.8 Å². The summed E-state index contributed by atoms with van der Waals surface area (Å²) in [7, 11) is 0. The molecule has 0 radical (unpaired) electrons. The number of aromatic nitrogens is 6. The van der Waals surface area contributed by atoms with E-state index in [1.54, 1.807) is 46.2 Å². The number of hydrogen-bond acceptors (Lipinski definition) is 8. The Balaban J connectivity index is 1.65. The molecule has 11 nitrogen and oxygen atoms in total. The van der Waals surface area contributed by atoms with E-state index in [4.69, 9.17) is 4.74 Å². The van der Waals surface area contributed by atoms with Gasteiger partial charge in [-0.3, -0.25) is 9.36 Å². The van der Waals surface area contributed by atoms with Gasteiger partial charge in [0.2, 0.25) is 11.9 Å². The van der Waals surface area contributed by atoms with Crippen LogP contribution in [-0.2, 0) is 9.53 Å². The molecule has 0 atom stereocenters. The zero-order chi connectivity index (χ0) is 26.2. The van der Waals surface area contributed by atoms with Crippen LogP contribution in [0.5, 0.6) is 0 Å². The van der Waals surface area contributed by atoms with Crippen molar-refractivity contribution in [1.29, 1.82) is 0 Å². The van der Waals surface area contributed by atoms with Gasteiger partial charge >= 0.3 is 6.09 Å². The highest BCUT2D eigenvalue weighted by Gasteiger charge is 2.21. The summed E-state index contributed by atoms with van der Waals surface area (Å²) in [5.41, 5.74) is 3.02. The van der Waals surface area contributed by atoms with E-state index in [-0.39, 0.29) is 5.91 Å². The van der Waals surface area contributed by atoms with Crippen LogP contribution in [0.1, 0.15) is 37.6 Å². The second-order valence-corrected chi connectivity index (χ2v) is 9.36. The number of ether oxygens (including phenoxy) is 1. The molecule has 0 bridgehead atoms. The van der Waals surface area contributed by atoms with Crippen molar-refractivity contribution in [2.24, 2.45) is 0 Å². The summed E-state index contributed by atoms with van der Waals surface area (Å²) in [5, 5.41) is 11.0. The number of carbonyl (C=O) groups excluding carboxylic acids is 2. The van der Waals surface area contributed by atoms with E-state index in [9.17, 15) is 9.59 Å². The molecule has 0 spiro atoms. The second kappa shape index (κ2) is 9.25. The number of pyridine rings is 1. The summed E-state index contributed by atoms with van der Waals surface area (Å²) in [6.45, 7) is 14.5. The molecule has 4 heterocycles. The molecule has 4 aromatic rings. The third-order valence-corrected chi connectivity index (χ3v) is 5.16. The Morgan fingerprint density at radius 1 is 1.08 bits per heavy atom. The van der Waals surface area contributed by atoms with Gasteiger partial charge in [0.15, 0.2) is 5.82 Å². The molecule has 4 aromatic heterocycles. The standard InChI is InChI=1S/C25H28N8O3/c1-8-20(34)28-17-10-18-15(3)13-32(22(18)26-12-17)21-14(2)11-27-23(30-21)29-19-9-16(4)33(31-19)24(35)36-25(5,6)7/h8-13H,1H2,2-7H3,(H,28,34)(H,27,29,30,31). The molecular formula is C25H28N8O3. The van der Waals surface area contributed by atoms with E-state index in [2.05, 4.69) is 37.3 Å². The average Bonchev–Trinajstić information content (AvgIpc) is 3.33. The Labute approximate surface area is 208 Å². The summed E-state index contributed by atoms with van der Waals surface area (Å²) in [4.78, 5) is 37.7. The van der Waals surface area contributed by atoms with Crippen molar-refractivity contribution in [1.82, 2.24) is 29.3 Å². The maximum absolute atomic E-state index is 12.4. The number of aryl methyl sites for hydroxylation is 3. The third kappa shape index (κ3) is 5.09. The fraction of sp³-hybridized carbons (Fsp3) is 0.280. The Morgan fingerprint density at radius 2 is 1.83 bits per heavy atom. The smallest absolute Gasteiger partial charge is 0.435 e.